The van der Waals surface area contributed by atoms with Gasteiger partial charge in [0.25, 0.3) is 0 Å². The van der Waals surface area contributed by atoms with E-state index in [1.54, 1.807) is 12.3 Å². The van der Waals surface area contributed by atoms with Crippen LogP contribution in [-0.2, 0) is 4.79 Å². The monoisotopic (exact) mass is 274 g/mol. The van der Waals surface area contributed by atoms with E-state index in [0.717, 1.165) is 15.6 Å². The molecule has 0 aliphatic heterocycles. The van der Waals surface area contributed by atoms with Crippen molar-refractivity contribution in [2.24, 2.45) is 4.99 Å². The second-order valence-electron chi connectivity index (χ2n) is 3.11. The summed E-state index contributed by atoms with van der Waals surface area (Å²) in [6, 6.07) is 9.59. The minimum Gasteiger partial charge on any atom is -0.262 e. The number of hydrogen-bond donors (Lipinski definition) is 0. The number of pyridine rings is 1. The van der Waals surface area contributed by atoms with Gasteiger partial charge in [-0.1, -0.05) is 34.1 Å². The van der Waals surface area contributed by atoms with Crippen LogP contribution in [0.15, 0.2) is 52.2 Å². The molecule has 0 saturated carbocycles. The highest BCUT2D eigenvalue weighted by atomic mass is 79.9. The van der Waals surface area contributed by atoms with E-state index < -0.39 is 0 Å². The Morgan fingerprint density at radius 3 is 2.81 bits per heavy atom. The minimum absolute atomic E-state index is 0.503. The summed E-state index contributed by atoms with van der Waals surface area (Å²) in [5.41, 5.74) is 2.42. The van der Waals surface area contributed by atoms with E-state index in [2.05, 4.69) is 25.9 Å². The van der Waals surface area contributed by atoms with Gasteiger partial charge >= 0.3 is 0 Å². The zero-order chi connectivity index (χ0) is 11.4. The molecule has 16 heavy (non-hydrogen) atoms. The second-order valence-corrected chi connectivity index (χ2v) is 3.97. The van der Waals surface area contributed by atoms with E-state index in [9.17, 15) is 4.79 Å². The molecule has 1 heterocycles. The van der Waals surface area contributed by atoms with E-state index in [1.807, 2.05) is 24.3 Å². The Bertz CT molecular complexity index is 562. The fourth-order valence-corrected chi connectivity index (χ4v) is 1.90. The molecule has 0 fully saturated rings. The molecule has 2 rings (SSSR count). The molecule has 2 aromatic rings. The first kappa shape index (κ1) is 10.7. The van der Waals surface area contributed by atoms with Crippen molar-refractivity contribution in [2.45, 2.75) is 0 Å². The summed E-state index contributed by atoms with van der Waals surface area (Å²) in [6.45, 7) is 0. The third kappa shape index (κ3) is 2.24. The van der Waals surface area contributed by atoms with Crippen molar-refractivity contribution in [2.75, 3.05) is 0 Å². The van der Waals surface area contributed by atoms with Gasteiger partial charge in [-0.05, 0) is 17.7 Å². The van der Waals surface area contributed by atoms with Crippen LogP contribution in [0.4, 0.5) is 5.69 Å². The van der Waals surface area contributed by atoms with Crippen molar-refractivity contribution in [1.29, 1.82) is 0 Å². The number of benzene rings is 1. The van der Waals surface area contributed by atoms with Gasteiger partial charge in [0.1, 0.15) is 0 Å². The Hall–Kier alpha value is -1.77. The maximum atomic E-state index is 10.2. The van der Waals surface area contributed by atoms with Crippen LogP contribution in [0.3, 0.4) is 0 Å². The van der Waals surface area contributed by atoms with Gasteiger partial charge in [0.15, 0.2) is 0 Å². The van der Waals surface area contributed by atoms with Crippen molar-refractivity contribution >= 4 is 27.7 Å². The summed E-state index contributed by atoms with van der Waals surface area (Å²) in [6.07, 6.45) is 4.75. The smallest absolute Gasteiger partial charge is 0.240 e. The summed E-state index contributed by atoms with van der Waals surface area (Å²) < 4.78 is 0.976. The van der Waals surface area contributed by atoms with E-state index in [4.69, 9.17) is 0 Å². The molecule has 4 heteroatoms. The highest BCUT2D eigenvalue weighted by Gasteiger charge is 2.03. The molecule has 0 unspecified atom stereocenters. The summed E-state index contributed by atoms with van der Waals surface area (Å²) >= 11 is 3.46. The molecular weight excluding hydrogens is 268 g/mol. The molecule has 0 bridgehead atoms. The molecule has 0 N–H and O–H groups in total. The van der Waals surface area contributed by atoms with Crippen molar-refractivity contribution in [3.63, 3.8) is 0 Å². The number of aromatic nitrogens is 1. The summed E-state index contributed by atoms with van der Waals surface area (Å²) in [5.74, 6) is 0. The molecule has 0 saturated heterocycles. The molecule has 0 atom stereocenters. The average molecular weight is 275 g/mol. The predicted molar refractivity (Wildman–Crippen MR) is 65.2 cm³/mol. The van der Waals surface area contributed by atoms with Gasteiger partial charge in [0, 0.05) is 16.2 Å². The predicted octanol–water partition coefficient (Wildman–Crippen LogP) is 3.48. The van der Waals surface area contributed by atoms with Gasteiger partial charge in [-0.15, -0.1) is 0 Å². The van der Waals surface area contributed by atoms with E-state index >= 15 is 0 Å². The lowest BCUT2D eigenvalue weighted by Crippen LogP contribution is -1.81. The number of hydrogen-bond acceptors (Lipinski definition) is 3. The average Bonchev–Trinajstić information content (AvgIpc) is 2.30. The van der Waals surface area contributed by atoms with Gasteiger partial charge in [-0.3, -0.25) is 4.98 Å². The van der Waals surface area contributed by atoms with E-state index in [-0.39, 0.29) is 0 Å². The first-order valence-corrected chi connectivity index (χ1v) is 5.38. The standard InChI is InChI=1S/C12H7BrN2O/c13-12-4-2-1-3-11(12)9-5-10(15-8-16)7-14-6-9/h1-7H. The SMILES string of the molecule is O=C=Nc1cncc(-c2ccccc2Br)c1. The highest BCUT2D eigenvalue weighted by Crippen LogP contribution is 2.29. The highest BCUT2D eigenvalue weighted by molar-refractivity contribution is 9.10. The lowest BCUT2D eigenvalue weighted by Gasteiger charge is -2.03. The molecule has 78 valence electrons. The maximum Gasteiger partial charge on any atom is 0.240 e. The summed E-state index contributed by atoms with van der Waals surface area (Å²) in [4.78, 5) is 17.7. The number of carbonyl (C=O) groups excluding carboxylic acids is 1. The van der Waals surface area contributed by atoms with Crippen molar-refractivity contribution in [3.8, 4) is 11.1 Å². The molecule has 1 aromatic heterocycles. The van der Waals surface area contributed by atoms with Crippen LogP contribution in [0, 0.1) is 0 Å². The van der Waals surface area contributed by atoms with Gasteiger partial charge in [-0.25, -0.2) is 4.79 Å². The summed E-state index contributed by atoms with van der Waals surface area (Å²) in [5, 5.41) is 0. The molecular formula is C12H7BrN2O. The number of aliphatic imine (C=N–C) groups is 1. The fourth-order valence-electron chi connectivity index (χ4n) is 1.38. The first-order chi connectivity index (χ1) is 7.81. The normalized spacial score (nSPS) is 9.56. The molecule has 0 radical (unpaired) electrons. The Labute approximate surface area is 101 Å². The molecule has 1 aromatic carbocycles. The molecule has 0 spiro atoms. The first-order valence-electron chi connectivity index (χ1n) is 4.59. The zero-order valence-electron chi connectivity index (χ0n) is 8.22. The third-order valence-electron chi connectivity index (χ3n) is 2.08. The van der Waals surface area contributed by atoms with Crippen molar-refractivity contribution < 1.29 is 4.79 Å². The second kappa shape index (κ2) is 4.84. The van der Waals surface area contributed by atoms with Gasteiger partial charge in [-0.2, -0.15) is 4.99 Å². The Morgan fingerprint density at radius 2 is 2.06 bits per heavy atom. The number of halogens is 1. The summed E-state index contributed by atoms with van der Waals surface area (Å²) in [7, 11) is 0. The number of nitrogens with zero attached hydrogens (tertiary/aromatic N) is 2. The van der Waals surface area contributed by atoms with Crippen LogP contribution in [0.2, 0.25) is 0 Å². The number of isocyanates is 1. The lowest BCUT2D eigenvalue weighted by atomic mass is 10.1. The van der Waals surface area contributed by atoms with Gasteiger partial charge in [0.05, 0.1) is 11.9 Å². The largest absolute Gasteiger partial charge is 0.262 e. The Kier molecular flexibility index (Phi) is 3.25. The van der Waals surface area contributed by atoms with Crippen LogP contribution in [0.25, 0.3) is 11.1 Å². The van der Waals surface area contributed by atoms with Crippen molar-refractivity contribution in [3.05, 3.63) is 47.2 Å². The topological polar surface area (TPSA) is 42.3 Å². The number of rotatable bonds is 2. The van der Waals surface area contributed by atoms with Crippen LogP contribution in [0.5, 0.6) is 0 Å². The van der Waals surface area contributed by atoms with Gasteiger partial charge in [0.2, 0.25) is 6.08 Å². The minimum atomic E-state index is 0.503. The maximum absolute atomic E-state index is 10.2. The van der Waals surface area contributed by atoms with Crippen LogP contribution < -0.4 is 0 Å². The fraction of sp³-hybridized carbons (Fsp3) is 0. The molecule has 3 nitrogen and oxygen atoms in total. The van der Waals surface area contributed by atoms with Crippen LogP contribution >= 0.6 is 15.9 Å². The molecule has 0 amide bonds. The van der Waals surface area contributed by atoms with E-state index in [0.29, 0.717) is 5.69 Å². The Morgan fingerprint density at radius 1 is 1.25 bits per heavy atom. The molecule has 0 aliphatic rings. The van der Waals surface area contributed by atoms with Crippen LogP contribution in [-0.4, -0.2) is 11.1 Å². The lowest BCUT2D eigenvalue weighted by molar-refractivity contribution is 0.565. The Balaban J connectivity index is 2.52. The van der Waals surface area contributed by atoms with E-state index in [1.165, 1.54) is 12.3 Å². The molecule has 0 aliphatic carbocycles. The quantitative estimate of drug-likeness (QED) is 0.622. The third-order valence-corrected chi connectivity index (χ3v) is 2.77. The van der Waals surface area contributed by atoms with Crippen LogP contribution in [0.1, 0.15) is 0 Å². The zero-order valence-corrected chi connectivity index (χ0v) is 9.81. The van der Waals surface area contributed by atoms with Crippen molar-refractivity contribution in [1.82, 2.24) is 4.98 Å². The van der Waals surface area contributed by atoms with Gasteiger partial charge < -0.3 is 0 Å².